The van der Waals surface area contributed by atoms with Gasteiger partial charge in [0.2, 0.25) is 0 Å². The number of aryl methyl sites for hydroxylation is 1. The van der Waals surface area contributed by atoms with Crippen molar-refractivity contribution in [1.82, 2.24) is 14.6 Å². The zero-order valence-electron chi connectivity index (χ0n) is 18.0. The third kappa shape index (κ3) is 5.61. The summed E-state index contributed by atoms with van der Waals surface area (Å²) in [5, 5.41) is 4.92. The number of amides is 1. The number of ether oxygens (including phenoxy) is 2. The average molecular weight is 625 g/mol. The summed E-state index contributed by atoms with van der Waals surface area (Å²) in [5.41, 5.74) is 1.23. The summed E-state index contributed by atoms with van der Waals surface area (Å²) in [5.74, 6) is 1.15. The number of fused-ring (bicyclic) bond motifs is 1. The fraction of sp³-hybridized carbons (Fsp3) is 0.304. The zero-order valence-corrected chi connectivity index (χ0v) is 21.7. The summed E-state index contributed by atoms with van der Waals surface area (Å²) in [7, 11) is 0. The molecule has 0 saturated carbocycles. The Hall–Kier alpha value is -2.31. The molecule has 1 fully saturated rings. The van der Waals surface area contributed by atoms with Crippen LogP contribution in [0.2, 0.25) is 0 Å². The lowest BCUT2D eigenvalue weighted by atomic mass is 10.2. The fourth-order valence-corrected chi connectivity index (χ4v) is 4.48. The van der Waals surface area contributed by atoms with E-state index in [2.05, 4.69) is 48.6 Å². The summed E-state index contributed by atoms with van der Waals surface area (Å²) in [4.78, 5) is 31.6. The number of hydrogen-bond donors (Lipinski definition) is 0. The summed E-state index contributed by atoms with van der Waals surface area (Å²) >= 11 is 5.56. The van der Waals surface area contributed by atoms with Crippen LogP contribution in [-0.2, 0) is 16.0 Å². The van der Waals surface area contributed by atoms with E-state index < -0.39 is 0 Å². The van der Waals surface area contributed by atoms with E-state index in [0.717, 1.165) is 13.6 Å². The first kappa shape index (κ1) is 23.8. The maximum Gasteiger partial charge on any atom is 0.282 e. The van der Waals surface area contributed by atoms with Crippen molar-refractivity contribution in [2.75, 3.05) is 32.9 Å². The lowest BCUT2D eigenvalue weighted by Gasteiger charge is -2.26. The highest BCUT2D eigenvalue weighted by Crippen LogP contribution is 2.22. The quantitative estimate of drug-likeness (QED) is 0.310. The molecule has 1 saturated heterocycles. The normalized spacial score (nSPS) is 14.2. The lowest BCUT2D eigenvalue weighted by molar-refractivity contribution is -0.137. The van der Waals surface area contributed by atoms with Crippen LogP contribution in [0.25, 0.3) is 10.9 Å². The van der Waals surface area contributed by atoms with Crippen molar-refractivity contribution in [2.24, 2.45) is 5.10 Å². The third-order valence-corrected chi connectivity index (χ3v) is 6.52. The number of morpholine rings is 1. The van der Waals surface area contributed by atoms with Crippen molar-refractivity contribution >= 4 is 61.5 Å². The molecule has 0 unspecified atom stereocenters. The Bertz CT molecular complexity index is 1270. The van der Waals surface area contributed by atoms with Crippen LogP contribution in [0.1, 0.15) is 18.3 Å². The maximum atomic E-state index is 13.0. The van der Waals surface area contributed by atoms with Gasteiger partial charge in [-0.15, -0.1) is 0 Å². The molecule has 4 rings (SSSR count). The van der Waals surface area contributed by atoms with E-state index in [0.29, 0.717) is 55.2 Å². The van der Waals surface area contributed by atoms with Gasteiger partial charge in [-0.3, -0.25) is 9.59 Å². The second-order valence-corrected chi connectivity index (χ2v) is 9.45. The Labute approximate surface area is 212 Å². The molecule has 1 aromatic heterocycles. The summed E-state index contributed by atoms with van der Waals surface area (Å²) < 4.78 is 14.0. The molecule has 0 aliphatic carbocycles. The molecule has 1 amide bonds. The minimum Gasteiger partial charge on any atom is -0.483 e. The molecule has 2 heterocycles. The molecule has 0 spiro atoms. The highest BCUT2D eigenvalue weighted by Gasteiger charge is 2.17. The van der Waals surface area contributed by atoms with Crippen LogP contribution in [0.15, 0.2) is 50.8 Å². The number of rotatable bonds is 6. The topological polar surface area (TPSA) is 86.0 Å². The van der Waals surface area contributed by atoms with Crippen LogP contribution in [0.5, 0.6) is 5.75 Å². The Morgan fingerprint density at radius 1 is 1.27 bits per heavy atom. The van der Waals surface area contributed by atoms with Crippen molar-refractivity contribution < 1.29 is 14.3 Å². The van der Waals surface area contributed by atoms with Crippen LogP contribution >= 0.6 is 38.5 Å². The van der Waals surface area contributed by atoms with Crippen LogP contribution in [0.4, 0.5) is 0 Å². The highest BCUT2D eigenvalue weighted by atomic mass is 127. The molecule has 0 atom stereocenters. The van der Waals surface area contributed by atoms with Crippen molar-refractivity contribution in [3.8, 4) is 5.75 Å². The molecular formula is C23H22BrIN4O4. The Morgan fingerprint density at radius 2 is 2.06 bits per heavy atom. The second-order valence-electron chi connectivity index (χ2n) is 7.38. The van der Waals surface area contributed by atoms with Gasteiger partial charge in [-0.2, -0.15) is 9.78 Å². The molecule has 0 radical (unpaired) electrons. The van der Waals surface area contributed by atoms with Gasteiger partial charge in [0.15, 0.2) is 6.61 Å². The Kier molecular flexibility index (Phi) is 7.76. The molecule has 172 valence electrons. The number of carbonyl (C=O) groups excluding carboxylic acids is 1. The Balaban J connectivity index is 1.51. The summed E-state index contributed by atoms with van der Waals surface area (Å²) in [6.45, 7) is 4.22. The smallest absolute Gasteiger partial charge is 0.282 e. The number of halogens is 2. The van der Waals surface area contributed by atoms with Crippen LogP contribution in [-0.4, -0.2) is 59.6 Å². The monoisotopic (exact) mass is 624 g/mol. The minimum atomic E-state index is -0.217. The summed E-state index contributed by atoms with van der Waals surface area (Å²) in [6, 6.07) is 11.0. The average Bonchev–Trinajstić information content (AvgIpc) is 2.83. The number of benzene rings is 2. The number of hydrogen-bond acceptors (Lipinski definition) is 6. The largest absolute Gasteiger partial charge is 0.483 e. The maximum absolute atomic E-state index is 13.0. The molecule has 3 aromatic rings. The standard InChI is InChI=1S/C23H22BrIN4O4/c1-2-21-27-19-5-4-16(24)12-17(19)23(31)29(21)26-13-15-3-6-20(18(25)11-15)33-14-22(30)28-7-9-32-10-8-28/h3-6,11-13H,2,7-10,14H2,1H3. The van der Waals surface area contributed by atoms with Crippen molar-refractivity contribution in [3.63, 3.8) is 0 Å². The number of nitrogens with zero attached hydrogens (tertiary/aromatic N) is 4. The van der Waals surface area contributed by atoms with E-state index >= 15 is 0 Å². The van der Waals surface area contributed by atoms with Gasteiger partial charge in [-0.1, -0.05) is 22.9 Å². The molecule has 10 heteroatoms. The van der Waals surface area contributed by atoms with Gasteiger partial charge >= 0.3 is 0 Å². The van der Waals surface area contributed by atoms with Gasteiger partial charge in [-0.05, 0) is 64.6 Å². The molecular weight excluding hydrogens is 603 g/mol. The first-order valence-corrected chi connectivity index (χ1v) is 12.4. The van der Waals surface area contributed by atoms with E-state index in [1.54, 1.807) is 23.2 Å². The predicted octanol–water partition coefficient (Wildman–Crippen LogP) is 3.45. The van der Waals surface area contributed by atoms with E-state index in [-0.39, 0.29) is 18.1 Å². The van der Waals surface area contributed by atoms with Crippen molar-refractivity contribution in [3.05, 3.63) is 66.2 Å². The Morgan fingerprint density at radius 3 is 2.79 bits per heavy atom. The molecule has 2 aromatic carbocycles. The summed E-state index contributed by atoms with van der Waals surface area (Å²) in [6.07, 6.45) is 2.19. The predicted molar refractivity (Wildman–Crippen MR) is 138 cm³/mol. The molecule has 0 bridgehead atoms. The highest BCUT2D eigenvalue weighted by molar-refractivity contribution is 14.1. The second kappa shape index (κ2) is 10.7. The van der Waals surface area contributed by atoms with Gasteiger partial charge in [0.05, 0.1) is 33.9 Å². The molecule has 0 N–H and O–H groups in total. The number of carbonyl (C=O) groups is 1. The SMILES string of the molecule is CCc1nc2ccc(Br)cc2c(=O)n1N=Cc1ccc(OCC(=O)N2CCOCC2)c(I)c1. The van der Waals surface area contributed by atoms with Gasteiger partial charge in [0.25, 0.3) is 11.5 Å². The zero-order chi connectivity index (χ0) is 23.4. The molecule has 8 nitrogen and oxygen atoms in total. The molecule has 33 heavy (non-hydrogen) atoms. The lowest BCUT2D eigenvalue weighted by Crippen LogP contribution is -2.43. The van der Waals surface area contributed by atoms with Crippen molar-refractivity contribution in [2.45, 2.75) is 13.3 Å². The van der Waals surface area contributed by atoms with E-state index in [1.807, 2.05) is 31.2 Å². The van der Waals surface area contributed by atoms with E-state index in [9.17, 15) is 9.59 Å². The number of aromatic nitrogens is 2. The molecule has 1 aliphatic heterocycles. The first-order chi connectivity index (χ1) is 16.0. The van der Waals surface area contributed by atoms with E-state index in [4.69, 9.17) is 9.47 Å². The third-order valence-electron chi connectivity index (χ3n) is 5.18. The van der Waals surface area contributed by atoms with Gasteiger partial charge in [0.1, 0.15) is 11.6 Å². The van der Waals surface area contributed by atoms with Crippen molar-refractivity contribution in [1.29, 1.82) is 0 Å². The van der Waals surface area contributed by atoms with E-state index in [1.165, 1.54) is 4.68 Å². The van der Waals surface area contributed by atoms with Crippen LogP contribution < -0.4 is 10.3 Å². The van der Waals surface area contributed by atoms with Gasteiger partial charge in [0, 0.05) is 24.0 Å². The van der Waals surface area contributed by atoms with Crippen LogP contribution in [0, 0.1) is 3.57 Å². The van der Waals surface area contributed by atoms with Gasteiger partial charge in [-0.25, -0.2) is 4.98 Å². The molecule has 1 aliphatic rings. The minimum absolute atomic E-state index is 0.0169. The van der Waals surface area contributed by atoms with Gasteiger partial charge < -0.3 is 14.4 Å². The fourth-order valence-electron chi connectivity index (χ4n) is 3.43. The first-order valence-electron chi connectivity index (χ1n) is 10.5. The van der Waals surface area contributed by atoms with Crippen LogP contribution in [0.3, 0.4) is 0 Å².